The monoisotopic (exact) mass is 519 g/mol. The Morgan fingerprint density at radius 1 is 1.06 bits per heavy atom. The third-order valence-electron chi connectivity index (χ3n) is 6.66. The van der Waals surface area contributed by atoms with E-state index in [1.165, 1.54) is 11.8 Å². The molecule has 2 saturated heterocycles. The first-order valence-electron chi connectivity index (χ1n) is 12.1. The predicted octanol–water partition coefficient (Wildman–Crippen LogP) is 4.86. The molecule has 0 aliphatic carbocycles. The van der Waals surface area contributed by atoms with Crippen molar-refractivity contribution >= 4 is 56.9 Å². The Morgan fingerprint density at radius 2 is 1.72 bits per heavy atom. The van der Waals surface area contributed by atoms with Gasteiger partial charge in [0.1, 0.15) is 4.32 Å². The van der Waals surface area contributed by atoms with Crippen molar-refractivity contribution in [2.75, 3.05) is 18.0 Å². The summed E-state index contributed by atoms with van der Waals surface area (Å²) in [4.78, 5) is 31.4. The Kier molecular flexibility index (Phi) is 6.76. The molecule has 3 heterocycles. The van der Waals surface area contributed by atoms with E-state index in [-0.39, 0.29) is 23.7 Å². The number of rotatable bonds is 4. The lowest BCUT2D eigenvalue weighted by molar-refractivity contribution is -0.122. The molecule has 1 aromatic heterocycles. The maximum absolute atomic E-state index is 13.7. The molecule has 2 unspecified atom stereocenters. The number of anilines is 1. The molecule has 186 valence electrons. The molecule has 5 rings (SSSR count). The zero-order valence-corrected chi connectivity index (χ0v) is 22.5. The molecule has 2 atom stereocenters. The first-order chi connectivity index (χ1) is 17.2. The van der Waals surface area contributed by atoms with E-state index >= 15 is 0 Å². The summed E-state index contributed by atoms with van der Waals surface area (Å²) in [5.74, 6) is -0.171. The van der Waals surface area contributed by atoms with Crippen molar-refractivity contribution in [1.82, 2.24) is 9.47 Å². The molecule has 36 heavy (non-hydrogen) atoms. The maximum atomic E-state index is 13.7. The molecule has 3 aromatic rings. The molecular weight excluding hydrogens is 490 g/mol. The number of carbonyl (C=O) groups is 1. The van der Waals surface area contributed by atoms with Crippen LogP contribution in [0, 0.1) is 6.92 Å². The third-order valence-corrected chi connectivity index (χ3v) is 8.03. The predicted molar refractivity (Wildman–Crippen MR) is 151 cm³/mol. The second-order valence-electron chi connectivity index (χ2n) is 9.56. The standard InChI is InChI=1S/C28H29N3O3S2/c1-17-9-11-20(12-10-17)16-31-27(33)24(36-28(31)35)13-22-25(30-14-18(2)34-19(3)15-30)21-7-5-6-8-23(21)29(4)26(22)32/h5-13,18-19H,14-16H2,1-4H3. The smallest absolute Gasteiger partial charge is 0.266 e. The lowest BCUT2D eigenvalue weighted by Gasteiger charge is -2.38. The first-order valence-corrected chi connectivity index (χ1v) is 13.3. The zero-order chi connectivity index (χ0) is 25.6. The fraction of sp³-hybridized carbons (Fsp3) is 0.321. The summed E-state index contributed by atoms with van der Waals surface area (Å²) in [6, 6.07) is 16.0. The van der Waals surface area contributed by atoms with Gasteiger partial charge in [-0.25, -0.2) is 0 Å². The van der Waals surface area contributed by atoms with Gasteiger partial charge in [-0.15, -0.1) is 0 Å². The van der Waals surface area contributed by atoms with Crippen molar-refractivity contribution in [2.45, 2.75) is 39.5 Å². The fourth-order valence-electron chi connectivity index (χ4n) is 4.98. The number of para-hydroxylation sites is 1. The van der Waals surface area contributed by atoms with Gasteiger partial charge in [-0.3, -0.25) is 14.5 Å². The highest BCUT2D eigenvalue weighted by atomic mass is 32.2. The minimum absolute atomic E-state index is 0.0251. The molecule has 0 N–H and O–H groups in total. The Bertz CT molecular complexity index is 1430. The number of morpholine rings is 1. The summed E-state index contributed by atoms with van der Waals surface area (Å²) in [7, 11) is 1.78. The van der Waals surface area contributed by atoms with E-state index in [9.17, 15) is 9.59 Å². The number of benzene rings is 2. The van der Waals surface area contributed by atoms with E-state index in [0.29, 0.717) is 34.4 Å². The molecule has 0 spiro atoms. The van der Waals surface area contributed by atoms with Crippen molar-refractivity contribution in [3.05, 3.63) is 80.5 Å². The normalized spacial score (nSPS) is 21.7. The van der Waals surface area contributed by atoms with Crippen molar-refractivity contribution in [3.8, 4) is 0 Å². The van der Waals surface area contributed by atoms with E-state index < -0.39 is 0 Å². The third kappa shape index (κ3) is 4.61. The summed E-state index contributed by atoms with van der Waals surface area (Å²) < 4.78 is 8.12. The Morgan fingerprint density at radius 3 is 2.42 bits per heavy atom. The van der Waals surface area contributed by atoms with Crippen molar-refractivity contribution in [3.63, 3.8) is 0 Å². The molecule has 2 aliphatic rings. The van der Waals surface area contributed by atoms with E-state index in [1.54, 1.807) is 22.6 Å². The molecule has 1 amide bonds. The van der Waals surface area contributed by atoms with Crippen LogP contribution in [0.5, 0.6) is 0 Å². The number of fused-ring (bicyclic) bond motifs is 1. The highest BCUT2D eigenvalue weighted by Crippen LogP contribution is 2.37. The van der Waals surface area contributed by atoms with Crippen LogP contribution >= 0.6 is 24.0 Å². The second-order valence-corrected chi connectivity index (χ2v) is 11.2. The molecule has 2 aromatic carbocycles. The van der Waals surface area contributed by atoms with Crippen LogP contribution in [0.2, 0.25) is 0 Å². The van der Waals surface area contributed by atoms with E-state index in [4.69, 9.17) is 17.0 Å². The van der Waals surface area contributed by atoms with Crippen LogP contribution in [0.15, 0.2) is 58.2 Å². The highest BCUT2D eigenvalue weighted by Gasteiger charge is 2.34. The van der Waals surface area contributed by atoms with Gasteiger partial charge in [0.05, 0.1) is 40.4 Å². The quantitative estimate of drug-likeness (QED) is 0.362. The van der Waals surface area contributed by atoms with Gasteiger partial charge in [0, 0.05) is 25.5 Å². The van der Waals surface area contributed by atoms with Gasteiger partial charge in [0.25, 0.3) is 11.5 Å². The highest BCUT2D eigenvalue weighted by molar-refractivity contribution is 8.26. The first kappa shape index (κ1) is 24.7. The van der Waals surface area contributed by atoms with Gasteiger partial charge in [0.2, 0.25) is 0 Å². The van der Waals surface area contributed by atoms with E-state index in [0.717, 1.165) is 27.7 Å². The minimum Gasteiger partial charge on any atom is -0.372 e. The van der Waals surface area contributed by atoms with Crippen LogP contribution in [0.1, 0.15) is 30.5 Å². The average molecular weight is 520 g/mol. The molecule has 0 saturated carbocycles. The van der Waals surface area contributed by atoms with Crippen molar-refractivity contribution in [2.24, 2.45) is 7.05 Å². The summed E-state index contributed by atoms with van der Waals surface area (Å²) in [5, 5.41) is 0.974. The topological polar surface area (TPSA) is 54.8 Å². The number of pyridine rings is 1. The lowest BCUT2D eigenvalue weighted by Crippen LogP contribution is -2.46. The number of hydrogen-bond donors (Lipinski definition) is 0. The Hall–Kier alpha value is -2.94. The molecular formula is C28H29N3O3S2. The van der Waals surface area contributed by atoms with Crippen LogP contribution < -0.4 is 10.5 Å². The van der Waals surface area contributed by atoms with Gasteiger partial charge in [-0.1, -0.05) is 72.0 Å². The summed E-state index contributed by atoms with van der Waals surface area (Å²) >= 11 is 6.83. The molecule has 2 fully saturated rings. The van der Waals surface area contributed by atoms with Crippen LogP contribution in [-0.4, -0.2) is 45.0 Å². The number of carbonyl (C=O) groups excluding carboxylic acids is 1. The van der Waals surface area contributed by atoms with Crippen LogP contribution in [0.3, 0.4) is 0 Å². The van der Waals surface area contributed by atoms with Gasteiger partial charge in [0.15, 0.2) is 0 Å². The average Bonchev–Trinajstić information content (AvgIpc) is 3.10. The minimum atomic E-state index is -0.171. The number of hydrogen-bond acceptors (Lipinski definition) is 6. The largest absolute Gasteiger partial charge is 0.372 e. The number of amides is 1. The summed E-state index contributed by atoms with van der Waals surface area (Å²) in [6.07, 6.45) is 1.79. The van der Waals surface area contributed by atoms with Crippen molar-refractivity contribution in [1.29, 1.82) is 0 Å². The van der Waals surface area contributed by atoms with Gasteiger partial charge in [-0.05, 0) is 38.5 Å². The van der Waals surface area contributed by atoms with Crippen LogP contribution in [0.4, 0.5) is 5.69 Å². The lowest BCUT2D eigenvalue weighted by atomic mass is 10.0. The van der Waals surface area contributed by atoms with Gasteiger partial charge in [-0.2, -0.15) is 0 Å². The molecule has 0 bridgehead atoms. The number of thioether (sulfide) groups is 1. The number of aromatic nitrogens is 1. The summed E-state index contributed by atoms with van der Waals surface area (Å²) in [6.45, 7) is 7.85. The van der Waals surface area contributed by atoms with Crippen LogP contribution in [0.25, 0.3) is 17.0 Å². The SMILES string of the molecule is Cc1ccc(CN2C(=O)C(=Cc3c(N4CC(C)OC(C)C4)c4ccccc4n(C)c3=O)SC2=S)cc1. The second kappa shape index (κ2) is 9.84. The zero-order valence-electron chi connectivity index (χ0n) is 20.9. The van der Waals surface area contributed by atoms with Crippen LogP contribution in [-0.2, 0) is 23.1 Å². The summed E-state index contributed by atoms with van der Waals surface area (Å²) in [5.41, 5.74) is 4.24. The fourth-order valence-corrected chi connectivity index (χ4v) is 6.21. The van der Waals surface area contributed by atoms with E-state index in [2.05, 4.69) is 4.90 Å². The van der Waals surface area contributed by atoms with Gasteiger partial charge >= 0.3 is 0 Å². The number of ether oxygens (including phenoxy) is 1. The van der Waals surface area contributed by atoms with E-state index in [1.807, 2.05) is 69.3 Å². The molecule has 6 nitrogen and oxygen atoms in total. The maximum Gasteiger partial charge on any atom is 0.266 e. The Labute approximate surface area is 220 Å². The molecule has 8 heteroatoms. The Balaban J connectivity index is 1.60. The number of thiocarbonyl (C=S) groups is 1. The van der Waals surface area contributed by atoms with Crippen molar-refractivity contribution < 1.29 is 9.53 Å². The molecule has 0 radical (unpaired) electrons. The molecule has 2 aliphatic heterocycles. The number of nitrogens with zero attached hydrogens (tertiary/aromatic N) is 3. The van der Waals surface area contributed by atoms with Gasteiger partial charge < -0.3 is 14.2 Å². The number of aryl methyl sites for hydroxylation is 2.